The standard InChI is InChI=1S/C15H19N3O3/c1-10-7-11(4-5-14(10)18(20)21)15(19)17-8-12-3-2-6-16-13(12)9-17/h4-5,7,12-13,16H,2-3,6,8-9H2,1H3/t12-,13+/m0/s1. The van der Waals surface area contributed by atoms with Gasteiger partial charge in [0.1, 0.15) is 0 Å². The van der Waals surface area contributed by atoms with Gasteiger partial charge in [0.2, 0.25) is 0 Å². The third-order valence-corrected chi connectivity index (χ3v) is 4.53. The smallest absolute Gasteiger partial charge is 0.272 e. The average molecular weight is 289 g/mol. The Bertz CT molecular complexity index is 574. The molecule has 2 atom stereocenters. The van der Waals surface area contributed by atoms with Crippen LogP contribution in [0.5, 0.6) is 0 Å². The Labute approximate surface area is 123 Å². The summed E-state index contributed by atoms with van der Waals surface area (Å²) in [5, 5.41) is 14.3. The van der Waals surface area contributed by atoms with Crippen molar-refractivity contribution >= 4 is 11.6 Å². The molecule has 1 N–H and O–H groups in total. The molecule has 2 saturated heterocycles. The molecule has 1 aromatic carbocycles. The second kappa shape index (κ2) is 5.44. The van der Waals surface area contributed by atoms with E-state index in [1.165, 1.54) is 18.9 Å². The maximum atomic E-state index is 12.6. The SMILES string of the molecule is Cc1cc(C(=O)N2C[C@@H]3CCCN[C@@H]3C2)ccc1[N+](=O)[O-]. The number of rotatable bonds is 2. The number of nitro benzene ring substituents is 1. The molecule has 0 saturated carbocycles. The number of carbonyl (C=O) groups is 1. The van der Waals surface area contributed by atoms with E-state index >= 15 is 0 Å². The normalized spacial score (nSPS) is 24.7. The van der Waals surface area contributed by atoms with Crippen molar-refractivity contribution < 1.29 is 9.72 Å². The monoisotopic (exact) mass is 289 g/mol. The Morgan fingerprint density at radius 2 is 2.24 bits per heavy atom. The summed E-state index contributed by atoms with van der Waals surface area (Å²) in [7, 11) is 0. The van der Waals surface area contributed by atoms with Crippen LogP contribution < -0.4 is 5.32 Å². The summed E-state index contributed by atoms with van der Waals surface area (Å²) in [6, 6.07) is 5.00. The van der Waals surface area contributed by atoms with Crippen LogP contribution in [0.3, 0.4) is 0 Å². The van der Waals surface area contributed by atoms with E-state index in [4.69, 9.17) is 0 Å². The topological polar surface area (TPSA) is 75.5 Å². The lowest BCUT2D eigenvalue weighted by Gasteiger charge is -2.24. The highest BCUT2D eigenvalue weighted by molar-refractivity contribution is 5.95. The lowest BCUT2D eigenvalue weighted by atomic mass is 9.94. The Balaban J connectivity index is 1.76. The molecule has 21 heavy (non-hydrogen) atoms. The van der Waals surface area contributed by atoms with Crippen LogP contribution in [0.4, 0.5) is 5.69 Å². The molecule has 2 aliphatic rings. The quantitative estimate of drug-likeness (QED) is 0.664. The summed E-state index contributed by atoms with van der Waals surface area (Å²) in [5.74, 6) is 0.519. The van der Waals surface area contributed by atoms with E-state index in [0.29, 0.717) is 23.1 Å². The summed E-state index contributed by atoms with van der Waals surface area (Å²) < 4.78 is 0. The highest BCUT2D eigenvalue weighted by Gasteiger charge is 2.36. The van der Waals surface area contributed by atoms with Crippen LogP contribution in [-0.2, 0) is 0 Å². The molecule has 0 unspecified atom stereocenters. The first kappa shape index (κ1) is 14.0. The maximum absolute atomic E-state index is 12.6. The van der Waals surface area contributed by atoms with Gasteiger partial charge in [-0.1, -0.05) is 0 Å². The van der Waals surface area contributed by atoms with Crippen LogP contribution in [0.1, 0.15) is 28.8 Å². The van der Waals surface area contributed by atoms with Crippen molar-refractivity contribution in [2.75, 3.05) is 19.6 Å². The lowest BCUT2D eigenvalue weighted by Crippen LogP contribution is -2.41. The lowest BCUT2D eigenvalue weighted by molar-refractivity contribution is -0.385. The van der Waals surface area contributed by atoms with Crippen LogP contribution >= 0.6 is 0 Å². The zero-order valence-corrected chi connectivity index (χ0v) is 12.0. The highest BCUT2D eigenvalue weighted by Crippen LogP contribution is 2.27. The highest BCUT2D eigenvalue weighted by atomic mass is 16.6. The van der Waals surface area contributed by atoms with Gasteiger partial charge in [0, 0.05) is 36.3 Å². The third kappa shape index (κ3) is 2.63. The third-order valence-electron chi connectivity index (χ3n) is 4.53. The molecule has 0 aromatic heterocycles. The zero-order valence-electron chi connectivity index (χ0n) is 12.0. The number of fused-ring (bicyclic) bond motifs is 1. The predicted molar refractivity (Wildman–Crippen MR) is 78.3 cm³/mol. The van der Waals surface area contributed by atoms with Crippen molar-refractivity contribution in [2.45, 2.75) is 25.8 Å². The number of amides is 1. The summed E-state index contributed by atoms with van der Waals surface area (Å²) in [6.45, 7) is 4.21. The average Bonchev–Trinajstić information content (AvgIpc) is 2.89. The van der Waals surface area contributed by atoms with Crippen LogP contribution in [-0.4, -0.2) is 41.4 Å². The first-order valence-electron chi connectivity index (χ1n) is 7.34. The number of hydrogen-bond donors (Lipinski definition) is 1. The molecule has 1 amide bonds. The molecule has 0 radical (unpaired) electrons. The van der Waals surface area contributed by atoms with E-state index in [9.17, 15) is 14.9 Å². The minimum absolute atomic E-state index is 0.0239. The van der Waals surface area contributed by atoms with Gasteiger partial charge in [-0.3, -0.25) is 14.9 Å². The van der Waals surface area contributed by atoms with Gasteiger partial charge in [-0.25, -0.2) is 0 Å². The summed E-state index contributed by atoms with van der Waals surface area (Å²) >= 11 is 0. The zero-order chi connectivity index (χ0) is 15.0. The number of piperidine rings is 1. The minimum Gasteiger partial charge on any atom is -0.337 e. The molecule has 0 aliphatic carbocycles. The van der Waals surface area contributed by atoms with Crippen LogP contribution in [0, 0.1) is 23.0 Å². The van der Waals surface area contributed by atoms with E-state index in [1.54, 1.807) is 19.1 Å². The Morgan fingerprint density at radius 1 is 1.43 bits per heavy atom. The van der Waals surface area contributed by atoms with Gasteiger partial charge in [0.15, 0.2) is 0 Å². The van der Waals surface area contributed by atoms with E-state index < -0.39 is 4.92 Å². The fourth-order valence-electron chi connectivity index (χ4n) is 3.39. The predicted octanol–water partition coefficient (Wildman–Crippen LogP) is 1.73. The first-order valence-corrected chi connectivity index (χ1v) is 7.34. The maximum Gasteiger partial charge on any atom is 0.272 e. The van der Waals surface area contributed by atoms with Gasteiger partial charge < -0.3 is 10.2 Å². The van der Waals surface area contributed by atoms with Crippen LogP contribution in [0.2, 0.25) is 0 Å². The molecular weight excluding hydrogens is 270 g/mol. The summed E-state index contributed by atoms with van der Waals surface area (Å²) in [4.78, 5) is 24.8. The van der Waals surface area contributed by atoms with E-state index in [-0.39, 0.29) is 11.6 Å². The van der Waals surface area contributed by atoms with Crippen LogP contribution in [0.15, 0.2) is 18.2 Å². The number of carbonyl (C=O) groups excluding carboxylic acids is 1. The molecule has 3 rings (SSSR count). The number of likely N-dealkylation sites (tertiary alicyclic amines) is 1. The number of nitrogens with zero attached hydrogens (tertiary/aromatic N) is 2. The Kier molecular flexibility index (Phi) is 3.63. The van der Waals surface area contributed by atoms with Crippen molar-refractivity contribution in [2.24, 2.45) is 5.92 Å². The number of aryl methyl sites for hydroxylation is 1. The van der Waals surface area contributed by atoms with Gasteiger partial charge in [-0.05, 0) is 44.4 Å². The van der Waals surface area contributed by atoms with E-state index in [1.807, 2.05) is 4.90 Å². The largest absolute Gasteiger partial charge is 0.337 e. The van der Waals surface area contributed by atoms with Crippen molar-refractivity contribution in [1.29, 1.82) is 0 Å². The fraction of sp³-hybridized carbons (Fsp3) is 0.533. The number of benzene rings is 1. The minimum atomic E-state index is -0.419. The number of nitrogens with one attached hydrogen (secondary N) is 1. The number of nitro groups is 1. The molecule has 2 fully saturated rings. The van der Waals surface area contributed by atoms with Crippen molar-refractivity contribution in [3.63, 3.8) is 0 Å². The molecule has 6 nitrogen and oxygen atoms in total. The van der Waals surface area contributed by atoms with Gasteiger partial charge in [0.05, 0.1) is 4.92 Å². The fourth-order valence-corrected chi connectivity index (χ4v) is 3.39. The molecule has 2 heterocycles. The summed E-state index contributed by atoms with van der Waals surface area (Å²) in [6.07, 6.45) is 2.33. The van der Waals surface area contributed by atoms with Gasteiger partial charge in [-0.2, -0.15) is 0 Å². The molecular formula is C15H19N3O3. The van der Waals surface area contributed by atoms with Gasteiger partial charge >= 0.3 is 0 Å². The number of hydrogen-bond acceptors (Lipinski definition) is 4. The van der Waals surface area contributed by atoms with Gasteiger partial charge in [-0.15, -0.1) is 0 Å². The van der Waals surface area contributed by atoms with Crippen LogP contribution in [0.25, 0.3) is 0 Å². The molecule has 1 aromatic rings. The molecule has 112 valence electrons. The molecule has 0 bridgehead atoms. The van der Waals surface area contributed by atoms with Crippen molar-refractivity contribution in [1.82, 2.24) is 10.2 Å². The van der Waals surface area contributed by atoms with E-state index in [0.717, 1.165) is 19.6 Å². The first-order chi connectivity index (χ1) is 10.1. The Hall–Kier alpha value is -1.95. The van der Waals surface area contributed by atoms with Crippen molar-refractivity contribution in [3.05, 3.63) is 39.4 Å². The molecule has 2 aliphatic heterocycles. The second-order valence-corrected chi connectivity index (χ2v) is 5.93. The molecule has 6 heteroatoms. The van der Waals surface area contributed by atoms with E-state index in [2.05, 4.69) is 5.32 Å². The molecule has 0 spiro atoms. The summed E-state index contributed by atoms with van der Waals surface area (Å²) in [5.41, 5.74) is 1.13. The Morgan fingerprint density at radius 3 is 2.90 bits per heavy atom. The van der Waals surface area contributed by atoms with Crippen molar-refractivity contribution in [3.8, 4) is 0 Å². The second-order valence-electron chi connectivity index (χ2n) is 5.93. The van der Waals surface area contributed by atoms with Gasteiger partial charge in [0.25, 0.3) is 11.6 Å².